The molecule has 2 aliphatic heterocycles. The molecule has 1 N–H and O–H groups in total. The molecule has 1 aromatic carbocycles. The van der Waals surface area contributed by atoms with Crippen molar-refractivity contribution in [2.24, 2.45) is 0 Å². The van der Waals surface area contributed by atoms with Gasteiger partial charge in [-0.25, -0.2) is 4.98 Å². The van der Waals surface area contributed by atoms with Crippen molar-refractivity contribution in [2.75, 3.05) is 26.2 Å². The molecule has 1 atom stereocenters. The Bertz CT molecular complexity index is 820. The van der Waals surface area contributed by atoms with Crippen LogP contribution in [0.1, 0.15) is 31.5 Å². The molecule has 0 radical (unpaired) electrons. The molecule has 1 aromatic heterocycles. The van der Waals surface area contributed by atoms with Gasteiger partial charge in [0.15, 0.2) is 0 Å². The Labute approximate surface area is 158 Å². The Hall–Kier alpha value is -2.41. The molecule has 1 unspecified atom stereocenters. The van der Waals surface area contributed by atoms with Crippen molar-refractivity contribution in [3.8, 4) is 0 Å². The molecule has 4 rings (SSSR count). The number of para-hydroxylation sites is 2. The van der Waals surface area contributed by atoms with Gasteiger partial charge in [0.25, 0.3) is 0 Å². The highest BCUT2D eigenvalue weighted by Gasteiger charge is 2.24. The number of benzene rings is 1. The molecule has 2 aromatic rings. The van der Waals surface area contributed by atoms with Crippen molar-refractivity contribution < 1.29 is 14.3 Å². The lowest BCUT2D eigenvalue weighted by molar-refractivity contribution is -0.131. The number of hydrogen-bond donors (Lipinski definition) is 1. The van der Waals surface area contributed by atoms with Crippen LogP contribution in [0.15, 0.2) is 24.3 Å². The SMILES string of the molecule is O=C(NCCc1nc2ccccc2n1CC(=O)N1CCCC1)C1CCCO1. The standard InChI is InChI=1S/C20H26N4O3/c25-19(23-11-3-4-12-23)14-24-16-7-2-1-6-15(16)22-18(24)9-10-21-20(26)17-8-5-13-27-17/h1-2,6-7,17H,3-5,8-14H2,(H,21,26). The van der Waals surface area contributed by atoms with Crippen LogP contribution in [0.5, 0.6) is 0 Å². The Morgan fingerprint density at radius 1 is 1.19 bits per heavy atom. The van der Waals surface area contributed by atoms with E-state index in [9.17, 15) is 9.59 Å². The number of rotatable bonds is 6. The topological polar surface area (TPSA) is 76.5 Å². The van der Waals surface area contributed by atoms with Crippen LogP contribution in [-0.4, -0.2) is 58.6 Å². The largest absolute Gasteiger partial charge is 0.368 e. The Morgan fingerprint density at radius 2 is 2.00 bits per heavy atom. The fraction of sp³-hybridized carbons (Fsp3) is 0.550. The first-order valence-electron chi connectivity index (χ1n) is 9.83. The number of imidazole rings is 1. The van der Waals surface area contributed by atoms with Crippen molar-refractivity contribution >= 4 is 22.8 Å². The van der Waals surface area contributed by atoms with E-state index < -0.39 is 0 Å². The van der Waals surface area contributed by atoms with Gasteiger partial charge in [0, 0.05) is 32.7 Å². The molecule has 0 aliphatic carbocycles. The van der Waals surface area contributed by atoms with Crippen molar-refractivity contribution in [2.45, 2.75) is 44.8 Å². The molecule has 27 heavy (non-hydrogen) atoms. The van der Waals surface area contributed by atoms with Crippen LogP contribution in [0.4, 0.5) is 0 Å². The third-order valence-electron chi connectivity index (χ3n) is 5.36. The number of hydrogen-bond acceptors (Lipinski definition) is 4. The van der Waals surface area contributed by atoms with Crippen LogP contribution in [0, 0.1) is 0 Å². The maximum Gasteiger partial charge on any atom is 0.249 e. The van der Waals surface area contributed by atoms with Gasteiger partial charge in [-0.3, -0.25) is 9.59 Å². The van der Waals surface area contributed by atoms with Crippen molar-refractivity contribution in [3.05, 3.63) is 30.1 Å². The highest BCUT2D eigenvalue weighted by molar-refractivity contribution is 5.82. The molecule has 2 amide bonds. The van der Waals surface area contributed by atoms with Gasteiger partial charge in [0.05, 0.1) is 11.0 Å². The summed E-state index contributed by atoms with van der Waals surface area (Å²) in [5, 5.41) is 2.94. The maximum absolute atomic E-state index is 12.7. The fourth-order valence-corrected chi connectivity index (χ4v) is 3.89. The number of likely N-dealkylation sites (tertiary alicyclic amines) is 1. The van der Waals surface area contributed by atoms with E-state index in [1.807, 2.05) is 33.7 Å². The summed E-state index contributed by atoms with van der Waals surface area (Å²) in [6.45, 7) is 3.14. The van der Waals surface area contributed by atoms with E-state index in [1.165, 1.54) is 0 Å². The summed E-state index contributed by atoms with van der Waals surface area (Å²) in [6.07, 6.45) is 4.15. The summed E-state index contributed by atoms with van der Waals surface area (Å²) in [6, 6.07) is 7.86. The number of carbonyl (C=O) groups excluding carboxylic acids is 2. The zero-order chi connectivity index (χ0) is 18.6. The molecular weight excluding hydrogens is 344 g/mol. The minimum atomic E-state index is -0.319. The highest BCUT2D eigenvalue weighted by atomic mass is 16.5. The molecule has 2 aliphatic rings. The first kappa shape index (κ1) is 18.0. The number of amides is 2. The summed E-state index contributed by atoms with van der Waals surface area (Å²) in [4.78, 5) is 31.4. The van der Waals surface area contributed by atoms with Gasteiger partial charge in [-0.1, -0.05) is 12.1 Å². The lowest BCUT2D eigenvalue weighted by Crippen LogP contribution is -2.36. The molecule has 3 heterocycles. The van der Waals surface area contributed by atoms with Crippen molar-refractivity contribution in [1.29, 1.82) is 0 Å². The van der Waals surface area contributed by atoms with Crippen LogP contribution >= 0.6 is 0 Å². The molecule has 0 saturated carbocycles. The maximum atomic E-state index is 12.7. The van der Waals surface area contributed by atoms with Crippen molar-refractivity contribution in [3.63, 3.8) is 0 Å². The lowest BCUT2D eigenvalue weighted by Gasteiger charge is -2.17. The number of fused-ring (bicyclic) bond motifs is 1. The second kappa shape index (κ2) is 8.08. The van der Waals surface area contributed by atoms with Gasteiger partial charge in [-0.2, -0.15) is 0 Å². The first-order chi connectivity index (χ1) is 13.2. The average Bonchev–Trinajstić information content (AvgIpc) is 3.43. The number of nitrogens with zero attached hydrogens (tertiary/aromatic N) is 3. The number of ether oxygens (including phenoxy) is 1. The zero-order valence-electron chi connectivity index (χ0n) is 15.5. The molecule has 0 bridgehead atoms. The summed E-state index contributed by atoms with van der Waals surface area (Å²) >= 11 is 0. The molecule has 7 heteroatoms. The van der Waals surface area contributed by atoms with Gasteiger partial charge in [-0.15, -0.1) is 0 Å². The second-order valence-electron chi connectivity index (χ2n) is 7.23. The normalized spacial score (nSPS) is 19.7. The van der Waals surface area contributed by atoms with Gasteiger partial charge >= 0.3 is 0 Å². The predicted molar refractivity (Wildman–Crippen MR) is 101 cm³/mol. The quantitative estimate of drug-likeness (QED) is 0.836. The Morgan fingerprint density at radius 3 is 2.78 bits per heavy atom. The second-order valence-corrected chi connectivity index (χ2v) is 7.23. The van der Waals surface area contributed by atoms with Crippen LogP contribution in [0.2, 0.25) is 0 Å². The molecule has 7 nitrogen and oxygen atoms in total. The molecule has 144 valence electrons. The van der Waals surface area contributed by atoms with Gasteiger partial charge in [0.1, 0.15) is 18.5 Å². The van der Waals surface area contributed by atoms with E-state index in [2.05, 4.69) is 5.32 Å². The van der Waals surface area contributed by atoms with E-state index in [-0.39, 0.29) is 17.9 Å². The summed E-state index contributed by atoms with van der Waals surface area (Å²) < 4.78 is 7.41. The summed E-state index contributed by atoms with van der Waals surface area (Å²) in [5.41, 5.74) is 1.85. The van der Waals surface area contributed by atoms with Crippen molar-refractivity contribution in [1.82, 2.24) is 19.8 Å². The number of aromatic nitrogens is 2. The van der Waals surface area contributed by atoms with Crippen LogP contribution in [-0.2, 0) is 27.3 Å². The van der Waals surface area contributed by atoms with E-state index >= 15 is 0 Å². The lowest BCUT2D eigenvalue weighted by atomic mass is 10.2. The zero-order valence-corrected chi connectivity index (χ0v) is 15.5. The number of nitrogens with one attached hydrogen (secondary N) is 1. The predicted octanol–water partition coefficient (Wildman–Crippen LogP) is 1.50. The summed E-state index contributed by atoms with van der Waals surface area (Å²) in [5.74, 6) is 0.917. The smallest absolute Gasteiger partial charge is 0.249 e. The molecule has 2 fully saturated rings. The molecule has 0 spiro atoms. The molecule has 2 saturated heterocycles. The van der Waals surface area contributed by atoms with Crippen LogP contribution < -0.4 is 5.32 Å². The minimum Gasteiger partial charge on any atom is -0.368 e. The third-order valence-corrected chi connectivity index (χ3v) is 5.36. The molecular formula is C20H26N4O3. The average molecular weight is 370 g/mol. The fourth-order valence-electron chi connectivity index (χ4n) is 3.89. The number of carbonyl (C=O) groups is 2. The van der Waals surface area contributed by atoms with Gasteiger partial charge < -0.3 is 19.5 Å². The Kier molecular flexibility index (Phi) is 5.38. The van der Waals surface area contributed by atoms with Crippen LogP contribution in [0.3, 0.4) is 0 Å². The van der Waals surface area contributed by atoms with E-state index in [0.29, 0.717) is 26.1 Å². The summed E-state index contributed by atoms with van der Waals surface area (Å²) in [7, 11) is 0. The van der Waals surface area contributed by atoms with Gasteiger partial charge in [0.2, 0.25) is 11.8 Å². The van der Waals surface area contributed by atoms with Crippen LogP contribution in [0.25, 0.3) is 11.0 Å². The highest BCUT2D eigenvalue weighted by Crippen LogP contribution is 2.18. The third kappa shape index (κ3) is 3.98. The minimum absolute atomic E-state index is 0.0525. The first-order valence-corrected chi connectivity index (χ1v) is 9.83. The Balaban J connectivity index is 1.45. The van der Waals surface area contributed by atoms with E-state index in [0.717, 1.165) is 55.6 Å². The van der Waals surface area contributed by atoms with E-state index in [4.69, 9.17) is 9.72 Å². The van der Waals surface area contributed by atoms with Gasteiger partial charge in [-0.05, 0) is 37.8 Å². The monoisotopic (exact) mass is 370 g/mol. The van der Waals surface area contributed by atoms with E-state index in [1.54, 1.807) is 0 Å².